The first kappa shape index (κ1) is 15.6. The van der Waals surface area contributed by atoms with E-state index in [-0.39, 0.29) is 0 Å². The number of carbonyl (C=O) groups is 1. The predicted molar refractivity (Wildman–Crippen MR) is 83.4 cm³/mol. The van der Waals surface area contributed by atoms with Crippen molar-refractivity contribution in [3.05, 3.63) is 42.0 Å². The normalized spacial score (nSPS) is 18.0. The van der Waals surface area contributed by atoms with E-state index < -0.39 is 6.16 Å². The summed E-state index contributed by atoms with van der Waals surface area (Å²) < 4.78 is 10.1. The summed E-state index contributed by atoms with van der Waals surface area (Å²) >= 11 is 0. The first-order valence-corrected chi connectivity index (χ1v) is 7.81. The van der Waals surface area contributed by atoms with Gasteiger partial charge in [-0.05, 0) is 56.6 Å². The van der Waals surface area contributed by atoms with Crippen LogP contribution in [0.2, 0.25) is 0 Å². The molecule has 0 N–H and O–H groups in total. The Hall–Kier alpha value is -1.77. The lowest BCUT2D eigenvalue weighted by molar-refractivity contribution is 0.0975. The van der Waals surface area contributed by atoms with Crippen molar-refractivity contribution in [2.24, 2.45) is 5.92 Å². The van der Waals surface area contributed by atoms with Gasteiger partial charge < -0.3 is 9.47 Å². The molecule has 1 aliphatic carbocycles. The molecule has 0 saturated heterocycles. The zero-order chi connectivity index (χ0) is 14.9. The Bertz CT molecular complexity index is 465. The topological polar surface area (TPSA) is 35.5 Å². The van der Waals surface area contributed by atoms with E-state index in [0.29, 0.717) is 12.4 Å². The van der Waals surface area contributed by atoms with Crippen molar-refractivity contribution in [1.82, 2.24) is 0 Å². The van der Waals surface area contributed by atoms with Gasteiger partial charge in [0.05, 0.1) is 6.61 Å². The van der Waals surface area contributed by atoms with Gasteiger partial charge in [0.2, 0.25) is 0 Å². The number of hydrogen-bond donors (Lipinski definition) is 0. The zero-order valence-corrected chi connectivity index (χ0v) is 12.7. The van der Waals surface area contributed by atoms with Crippen molar-refractivity contribution in [2.75, 3.05) is 6.61 Å². The van der Waals surface area contributed by atoms with Crippen molar-refractivity contribution < 1.29 is 14.3 Å². The molecule has 0 radical (unpaired) electrons. The van der Waals surface area contributed by atoms with Crippen LogP contribution in [-0.2, 0) is 4.74 Å². The van der Waals surface area contributed by atoms with E-state index in [9.17, 15) is 4.79 Å². The molecule has 114 valence electrons. The lowest BCUT2D eigenvalue weighted by atomic mass is 9.89. The number of hydrogen-bond acceptors (Lipinski definition) is 3. The Morgan fingerprint density at radius 2 is 2.05 bits per heavy atom. The summed E-state index contributed by atoms with van der Waals surface area (Å²) in [4.78, 5) is 11.5. The summed E-state index contributed by atoms with van der Waals surface area (Å²) in [6.07, 6.45) is 8.61. The Balaban J connectivity index is 1.54. The second-order valence-electron chi connectivity index (χ2n) is 5.71. The summed E-state index contributed by atoms with van der Waals surface area (Å²) in [5.41, 5.74) is 1.57. The molecule has 1 unspecified atom stereocenters. The third-order valence-electron chi connectivity index (χ3n) is 3.82. The molecule has 0 saturated carbocycles. The number of allylic oxidation sites excluding steroid dienone is 2. The van der Waals surface area contributed by atoms with Crippen molar-refractivity contribution in [2.45, 2.75) is 45.4 Å². The lowest BCUT2D eigenvalue weighted by Crippen LogP contribution is -2.11. The first-order chi connectivity index (χ1) is 10.2. The molecule has 0 fully saturated rings. The molecule has 0 aromatic heterocycles. The van der Waals surface area contributed by atoms with Crippen LogP contribution in [0.15, 0.2) is 42.0 Å². The minimum absolute atomic E-state index is 0.426. The molecule has 0 heterocycles. The van der Waals surface area contributed by atoms with Gasteiger partial charge in [-0.1, -0.05) is 36.8 Å². The van der Waals surface area contributed by atoms with Crippen LogP contribution >= 0.6 is 0 Å². The fraction of sp³-hybridized carbons (Fsp3) is 0.500. The van der Waals surface area contributed by atoms with Gasteiger partial charge in [-0.3, -0.25) is 0 Å². The van der Waals surface area contributed by atoms with Crippen molar-refractivity contribution >= 4 is 6.16 Å². The van der Waals surface area contributed by atoms with E-state index in [1.807, 2.05) is 18.2 Å². The number of benzene rings is 1. The van der Waals surface area contributed by atoms with Crippen LogP contribution in [-0.4, -0.2) is 12.8 Å². The number of para-hydroxylation sites is 1. The summed E-state index contributed by atoms with van der Waals surface area (Å²) in [6.45, 7) is 2.73. The Morgan fingerprint density at radius 1 is 1.24 bits per heavy atom. The maximum absolute atomic E-state index is 11.5. The number of carbonyl (C=O) groups excluding carboxylic acids is 1. The fourth-order valence-electron chi connectivity index (χ4n) is 2.47. The standard InChI is InChI=1S/C18H24O3/c1-15-10-12-16(13-11-15)7-5-6-14-20-18(19)21-17-8-3-2-4-9-17/h2-4,8-9,12,15H,5-7,10-11,13-14H2,1H3. The van der Waals surface area contributed by atoms with Crippen molar-refractivity contribution in [3.63, 3.8) is 0 Å². The van der Waals surface area contributed by atoms with E-state index >= 15 is 0 Å². The van der Waals surface area contributed by atoms with Gasteiger partial charge in [0.1, 0.15) is 5.75 Å². The maximum atomic E-state index is 11.5. The second kappa shape index (κ2) is 8.50. The summed E-state index contributed by atoms with van der Waals surface area (Å²) in [7, 11) is 0. The molecule has 0 aliphatic heterocycles. The molecule has 3 nitrogen and oxygen atoms in total. The molecule has 0 bridgehead atoms. The lowest BCUT2D eigenvalue weighted by Gasteiger charge is -2.18. The summed E-state index contributed by atoms with van der Waals surface area (Å²) in [5.74, 6) is 1.36. The summed E-state index contributed by atoms with van der Waals surface area (Å²) in [5, 5.41) is 0. The van der Waals surface area contributed by atoms with Crippen molar-refractivity contribution in [3.8, 4) is 5.75 Å². The molecular formula is C18H24O3. The van der Waals surface area contributed by atoms with Crippen LogP contribution in [0.3, 0.4) is 0 Å². The van der Waals surface area contributed by atoms with Gasteiger partial charge in [0, 0.05) is 0 Å². The molecule has 1 aromatic carbocycles. The summed E-state index contributed by atoms with van der Waals surface area (Å²) in [6, 6.07) is 8.98. The van der Waals surface area contributed by atoms with Gasteiger partial charge >= 0.3 is 6.16 Å². The molecule has 0 spiro atoms. The van der Waals surface area contributed by atoms with E-state index in [0.717, 1.165) is 25.2 Å². The molecule has 21 heavy (non-hydrogen) atoms. The molecule has 1 aliphatic rings. The van der Waals surface area contributed by atoms with Crippen LogP contribution in [0.5, 0.6) is 5.75 Å². The highest BCUT2D eigenvalue weighted by Crippen LogP contribution is 2.25. The zero-order valence-electron chi connectivity index (χ0n) is 12.7. The highest BCUT2D eigenvalue weighted by molar-refractivity contribution is 5.63. The average Bonchev–Trinajstić information content (AvgIpc) is 2.50. The predicted octanol–water partition coefficient (Wildman–Crippen LogP) is 5.12. The quantitative estimate of drug-likeness (QED) is 0.315. The number of unbranched alkanes of at least 4 members (excludes halogenated alkanes) is 1. The monoisotopic (exact) mass is 288 g/mol. The van der Waals surface area contributed by atoms with Gasteiger partial charge in [-0.15, -0.1) is 0 Å². The van der Waals surface area contributed by atoms with Crippen molar-refractivity contribution in [1.29, 1.82) is 0 Å². The molecular weight excluding hydrogens is 264 g/mol. The van der Waals surface area contributed by atoms with E-state index in [1.165, 1.54) is 19.3 Å². The molecule has 1 aromatic rings. The molecule has 3 heteroatoms. The van der Waals surface area contributed by atoms with E-state index in [1.54, 1.807) is 17.7 Å². The first-order valence-electron chi connectivity index (χ1n) is 7.81. The minimum atomic E-state index is -0.619. The average molecular weight is 288 g/mol. The maximum Gasteiger partial charge on any atom is 0.513 e. The largest absolute Gasteiger partial charge is 0.513 e. The van der Waals surface area contributed by atoms with Crippen LogP contribution in [0, 0.1) is 5.92 Å². The van der Waals surface area contributed by atoms with Gasteiger partial charge in [0.15, 0.2) is 0 Å². The molecule has 0 amide bonds. The van der Waals surface area contributed by atoms with Crippen LogP contribution < -0.4 is 4.74 Å². The molecule has 1 atom stereocenters. The smallest absolute Gasteiger partial charge is 0.434 e. The van der Waals surface area contributed by atoms with E-state index in [4.69, 9.17) is 9.47 Å². The van der Waals surface area contributed by atoms with Gasteiger partial charge in [0.25, 0.3) is 0 Å². The third-order valence-corrected chi connectivity index (χ3v) is 3.82. The third kappa shape index (κ3) is 6.03. The van der Waals surface area contributed by atoms with Gasteiger partial charge in [-0.2, -0.15) is 0 Å². The number of rotatable bonds is 6. The Morgan fingerprint density at radius 3 is 2.76 bits per heavy atom. The van der Waals surface area contributed by atoms with Crippen LogP contribution in [0.1, 0.15) is 45.4 Å². The fourth-order valence-corrected chi connectivity index (χ4v) is 2.47. The van der Waals surface area contributed by atoms with Crippen LogP contribution in [0.25, 0.3) is 0 Å². The van der Waals surface area contributed by atoms with Gasteiger partial charge in [-0.25, -0.2) is 4.79 Å². The second-order valence-corrected chi connectivity index (χ2v) is 5.71. The number of ether oxygens (including phenoxy) is 2. The highest BCUT2D eigenvalue weighted by Gasteiger charge is 2.10. The minimum Gasteiger partial charge on any atom is -0.434 e. The highest BCUT2D eigenvalue weighted by atomic mass is 16.7. The van der Waals surface area contributed by atoms with E-state index in [2.05, 4.69) is 13.0 Å². The Labute approximate surface area is 127 Å². The van der Waals surface area contributed by atoms with Crippen LogP contribution in [0.4, 0.5) is 4.79 Å². The SMILES string of the molecule is CC1CC=C(CCCCOC(=O)Oc2ccccc2)CC1. The molecule has 2 rings (SSSR count). The Kier molecular flexibility index (Phi) is 6.32.